The Labute approximate surface area is 162 Å². The van der Waals surface area contributed by atoms with Crippen LogP contribution in [0.5, 0.6) is 0 Å². The molecule has 1 aromatic carbocycles. The summed E-state index contributed by atoms with van der Waals surface area (Å²) in [7, 11) is 0. The van der Waals surface area contributed by atoms with E-state index < -0.39 is 0 Å². The average molecular weight is 395 g/mol. The van der Waals surface area contributed by atoms with E-state index in [1.54, 1.807) is 35.3 Å². The number of nitrogens with zero attached hydrogens (tertiary/aromatic N) is 2. The van der Waals surface area contributed by atoms with Crippen LogP contribution in [0.2, 0.25) is 0 Å². The van der Waals surface area contributed by atoms with Crippen LogP contribution in [0, 0.1) is 10.7 Å². The second-order valence-corrected chi connectivity index (χ2v) is 9.74. The number of nitriles is 1. The highest BCUT2D eigenvalue weighted by molar-refractivity contribution is 8.43. The van der Waals surface area contributed by atoms with Gasteiger partial charge in [0.05, 0.1) is 10.6 Å². The van der Waals surface area contributed by atoms with Gasteiger partial charge in [-0.15, -0.1) is 0 Å². The first kappa shape index (κ1) is 19.8. The molecule has 1 aliphatic heterocycles. The Hall–Kier alpha value is -0.480. The Bertz CT molecular complexity index is 614. The van der Waals surface area contributed by atoms with Gasteiger partial charge in [0.15, 0.2) is 0 Å². The average Bonchev–Trinajstić information content (AvgIpc) is 2.92. The van der Waals surface area contributed by atoms with Crippen LogP contribution in [0.4, 0.5) is 0 Å². The van der Waals surface area contributed by atoms with Gasteiger partial charge >= 0.3 is 0 Å². The number of hydrogen-bond acceptors (Lipinski definition) is 6. The Kier molecular flexibility index (Phi) is 8.68. The Morgan fingerprint density at radius 3 is 2.54 bits per heavy atom. The van der Waals surface area contributed by atoms with E-state index in [-0.39, 0.29) is 5.54 Å². The number of thioether (sulfide) groups is 4. The lowest BCUT2D eigenvalue weighted by Gasteiger charge is -2.26. The number of benzene rings is 1. The number of hydrogen-bond donors (Lipinski definition) is 0. The van der Waals surface area contributed by atoms with Crippen molar-refractivity contribution in [3.8, 4) is 5.40 Å². The second kappa shape index (κ2) is 10.5. The van der Waals surface area contributed by atoms with E-state index in [2.05, 4.69) is 48.9 Å². The zero-order valence-corrected chi connectivity index (χ0v) is 17.3. The van der Waals surface area contributed by atoms with E-state index >= 15 is 0 Å². The molecule has 0 fully saturated rings. The standard InChI is InChI=1S/C18H22N2S4/c1-3-10-18(11-4-2)16(12-22-15-8-6-5-7-9-15)24-17(20-18)23-14-21-13-19/h5-9,12H,3-4,10-11,14H2,1-2H3. The fraction of sp³-hybridized carbons (Fsp3) is 0.444. The quantitative estimate of drug-likeness (QED) is 0.206. The van der Waals surface area contributed by atoms with Crippen molar-refractivity contribution in [1.29, 1.82) is 5.26 Å². The van der Waals surface area contributed by atoms with Crippen molar-refractivity contribution in [2.45, 2.75) is 50.0 Å². The summed E-state index contributed by atoms with van der Waals surface area (Å²) in [6, 6.07) is 10.5. The van der Waals surface area contributed by atoms with Crippen LogP contribution in [-0.2, 0) is 0 Å². The summed E-state index contributed by atoms with van der Waals surface area (Å²) in [6.07, 6.45) is 4.43. The van der Waals surface area contributed by atoms with E-state index in [1.807, 2.05) is 6.07 Å². The third kappa shape index (κ3) is 5.52. The van der Waals surface area contributed by atoms with Crippen LogP contribution in [0.25, 0.3) is 0 Å². The fourth-order valence-corrected chi connectivity index (χ4v) is 6.66. The molecule has 24 heavy (non-hydrogen) atoms. The molecule has 128 valence electrons. The fourth-order valence-electron chi connectivity index (χ4n) is 2.67. The van der Waals surface area contributed by atoms with Gasteiger partial charge in [0.25, 0.3) is 0 Å². The summed E-state index contributed by atoms with van der Waals surface area (Å²) < 4.78 is 1.11. The van der Waals surface area contributed by atoms with E-state index in [0.29, 0.717) is 0 Å². The molecular weight excluding hydrogens is 372 g/mol. The maximum absolute atomic E-state index is 8.71. The van der Waals surface area contributed by atoms with Crippen molar-refractivity contribution in [2.75, 3.05) is 5.08 Å². The molecule has 6 heteroatoms. The van der Waals surface area contributed by atoms with Crippen LogP contribution in [0.15, 0.2) is 50.5 Å². The zero-order valence-electron chi connectivity index (χ0n) is 14.0. The first-order valence-corrected chi connectivity index (χ1v) is 11.7. The summed E-state index contributed by atoms with van der Waals surface area (Å²) in [6.45, 7) is 4.46. The second-order valence-electron chi connectivity index (χ2n) is 5.42. The largest absolute Gasteiger partial charge is 0.259 e. The summed E-state index contributed by atoms with van der Waals surface area (Å²) >= 11 is 6.55. The Morgan fingerprint density at radius 2 is 1.92 bits per heavy atom. The predicted molar refractivity (Wildman–Crippen MR) is 114 cm³/mol. The highest BCUT2D eigenvalue weighted by Crippen LogP contribution is 2.49. The van der Waals surface area contributed by atoms with Gasteiger partial charge in [-0.3, -0.25) is 4.99 Å². The molecule has 0 unspecified atom stereocenters. The smallest absolute Gasteiger partial charge is 0.134 e. The monoisotopic (exact) mass is 394 g/mol. The first-order valence-electron chi connectivity index (χ1n) is 8.08. The van der Waals surface area contributed by atoms with Crippen LogP contribution in [-0.4, -0.2) is 15.0 Å². The molecule has 2 nitrogen and oxygen atoms in total. The minimum absolute atomic E-state index is 0.0599. The molecule has 0 amide bonds. The topological polar surface area (TPSA) is 36.1 Å². The Balaban J connectivity index is 2.18. The molecule has 1 aromatic rings. The molecule has 2 rings (SSSR count). The Morgan fingerprint density at radius 1 is 1.21 bits per heavy atom. The van der Waals surface area contributed by atoms with Crippen LogP contribution in [0.3, 0.4) is 0 Å². The van der Waals surface area contributed by atoms with Crippen molar-refractivity contribution < 1.29 is 0 Å². The molecule has 0 N–H and O–H groups in total. The predicted octanol–water partition coefficient (Wildman–Crippen LogP) is 6.97. The van der Waals surface area contributed by atoms with E-state index in [4.69, 9.17) is 10.3 Å². The SMILES string of the molecule is CCCC1(CCC)N=C(SCSC#N)SC1=CSc1ccccc1. The third-order valence-corrected chi connectivity index (χ3v) is 7.68. The number of rotatable bonds is 8. The van der Waals surface area contributed by atoms with Crippen LogP contribution in [0.1, 0.15) is 39.5 Å². The molecule has 0 aromatic heterocycles. The van der Waals surface area contributed by atoms with Crippen molar-refractivity contribution in [2.24, 2.45) is 4.99 Å². The maximum Gasteiger partial charge on any atom is 0.134 e. The normalized spacial score (nSPS) is 17.7. The van der Waals surface area contributed by atoms with Crippen molar-refractivity contribution in [1.82, 2.24) is 0 Å². The molecular formula is C18H22N2S4. The van der Waals surface area contributed by atoms with E-state index in [0.717, 1.165) is 35.1 Å². The lowest BCUT2D eigenvalue weighted by atomic mass is 9.89. The first-order chi connectivity index (χ1) is 11.7. The van der Waals surface area contributed by atoms with Gasteiger partial charge in [-0.05, 0) is 42.1 Å². The summed E-state index contributed by atoms with van der Waals surface area (Å²) in [5.74, 6) is 0. The zero-order chi connectivity index (χ0) is 17.3. The molecule has 0 aliphatic carbocycles. The number of thiocyanates is 1. The van der Waals surface area contributed by atoms with Crippen LogP contribution >= 0.6 is 47.0 Å². The summed E-state index contributed by atoms with van der Waals surface area (Å²) in [5, 5.41) is 13.9. The van der Waals surface area contributed by atoms with E-state index in [9.17, 15) is 0 Å². The van der Waals surface area contributed by atoms with Crippen molar-refractivity contribution >= 4 is 51.4 Å². The van der Waals surface area contributed by atoms with Gasteiger partial charge in [0.1, 0.15) is 9.78 Å². The third-order valence-electron chi connectivity index (χ3n) is 3.64. The van der Waals surface area contributed by atoms with Crippen molar-refractivity contribution in [3.05, 3.63) is 40.6 Å². The molecule has 0 spiro atoms. The van der Waals surface area contributed by atoms with Gasteiger partial charge in [0, 0.05) is 9.80 Å². The van der Waals surface area contributed by atoms with Crippen molar-refractivity contribution in [3.63, 3.8) is 0 Å². The summed E-state index contributed by atoms with van der Waals surface area (Å²) in [5.41, 5.74) is -0.0599. The molecule has 0 saturated heterocycles. The van der Waals surface area contributed by atoms with Gasteiger partial charge in [-0.2, -0.15) is 5.26 Å². The molecule has 0 saturated carbocycles. The lowest BCUT2D eigenvalue weighted by molar-refractivity contribution is 0.443. The highest BCUT2D eigenvalue weighted by atomic mass is 32.2. The minimum Gasteiger partial charge on any atom is -0.259 e. The number of aliphatic imine (C=N–C) groups is 1. The van der Waals surface area contributed by atoms with E-state index in [1.165, 1.54) is 21.6 Å². The highest BCUT2D eigenvalue weighted by Gasteiger charge is 2.39. The summed E-state index contributed by atoms with van der Waals surface area (Å²) in [4.78, 5) is 7.73. The van der Waals surface area contributed by atoms with Gasteiger partial charge < -0.3 is 0 Å². The molecule has 1 aliphatic rings. The lowest BCUT2D eigenvalue weighted by Crippen LogP contribution is -2.24. The molecule has 1 heterocycles. The van der Waals surface area contributed by atoms with Gasteiger partial charge in [-0.25, -0.2) is 0 Å². The minimum atomic E-state index is -0.0599. The van der Waals surface area contributed by atoms with Gasteiger partial charge in [-0.1, -0.05) is 80.2 Å². The van der Waals surface area contributed by atoms with Gasteiger partial charge in [0.2, 0.25) is 0 Å². The van der Waals surface area contributed by atoms with Crippen LogP contribution < -0.4 is 0 Å². The molecule has 0 bridgehead atoms. The molecule has 0 atom stereocenters. The maximum atomic E-state index is 8.71. The molecule has 0 radical (unpaired) electrons.